The molecule has 0 atom stereocenters. The molecule has 0 bridgehead atoms. The van der Waals surface area contributed by atoms with Gasteiger partial charge in [-0.25, -0.2) is 4.79 Å². The molecule has 0 amide bonds. The number of rotatable bonds is 6. The molecule has 0 spiro atoms. The third kappa shape index (κ3) is 4.99. The molecular weight excluding hydrogens is 402 g/mol. The van der Waals surface area contributed by atoms with Gasteiger partial charge in [0.05, 0.1) is 31.4 Å². The first kappa shape index (κ1) is 21.0. The molecule has 0 aliphatic heterocycles. The first-order valence-electron chi connectivity index (χ1n) is 8.96. The van der Waals surface area contributed by atoms with E-state index >= 15 is 0 Å². The van der Waals surface area contributed by atoms with Gasteiger partial charge in [-0.3, -0.25) is 0 Å². The second kappa shape index (κ2) is 9.64. The Labute approximate surface area is 179 Å². The number of carbonyl (C=O) groups is 1. The maximum atomic E-state index is 12.5. The predicted octanol–water partition coefficient (Wildman–Crippen LogP) is 5.64. The van der Waals surface area contributed by atoms with Gasteiger partial charge in [0.2, 0.25) is 0 Å². The first-order chi connectivity index (χ1) is 14.5. The standard InChI is InChI=1S/C24H18ClNO4/c1-28-21-5-3-4-18(14-21)24(27)30-22-11-6-16(13-23(22)29-2)12-19(15-26)17-7-9-20(25)10-8-17/h3-14H,1-2H3. The first-order valence-corrected chi connectivity index (χ1v) is 9.34. The van der Waals surface area contributed by atoms with Gasteiger partial charge in [0.1, 0.15) is 5.75 Å². The maximum absolute atomic E-state index is 12.5. The molecule has 0 unspecified atom stereocenters. The van der Waals surface area contributed by atoms with Crippen LogP contribution in [0.1, 0.15) is 21.5 Å². The van der Waals surface area contributed by atoms with Crippen molar-refractivity contribution in [2.45, 2.75) is 0 Å². The Morgan fingerprint density at radius 3 is 2.37 bits per heavy atom. The molecule has 3 aromatic carbocycles. The van der Waals surface area contributed by atoms with E-state index in [0.29, 0.717) is 27.7 Å². The van der Waals surface area contributed by atoms with Gasteiger partial charge >= 0.3 is 5.97 Å². The molecule has 3 aromatic rings. The van der Waals surface area contributed by atoms with Gasteiger partial charge in [-0.2, -0.15) is 5.26 Å². The number of allylic oxidation sites excluding steroid dienone is 1. The monoisotopic (exact) mass is 419 g/mol. The van der Waals surface area contributed by atoms with Gasteiger partial charge in [0.25, 0.3) is 0 Å². The molecule has 150 valence electrons. The molecular formula is C24H18ClNO4. The lowest BCUT2D eigenvalue weighted by atomic mass is 10.0. The minimum Gasteiger partial charge on any atom is -0.497 e. The van der Waals surface area contributed by atoms with Gasteiger partial charge in [0, 0.05) is 5.02 Å². The summed E-state index contributed by atoms with van der Waals surface area (Å²) in [5.41, 5.74) is 2.29. The molecule has 0 saturated heterocycles. The van der Waals surface area contributed by atoms with Crippen molar-refractivity contribution in [3.8, 4) is 23.3 Å². The van der Waals surface area contributed by atoms with E-state index in [1.807, 2.05) is 0 Å². The van der Waals surface area contributed by atoms with E-state index in [1.165, 1.54) is 14.2 Å². The van der Waals surface area contributed by atoms with Crippen molar-refractivity contribution in [2.75, 3.05) is 14.2 Å². The summed E-state index contributed by atoms with van der Waals surface area (Å²) in [7, 11) is 3.01. The fourth-order valence-electron chi connectivity index (χ4n) is 2.74. The molecule has 0 saturated carbocycles. The molecule has 0 N–H and O–H groups in total. The number of esters is 1. The molecule has 0 aromatic heterocycles. The highest BCUT2D eigenvalue weighted by atomic mass is 35.5. The highest BCUT2D eigenvalue weighted by Crippen LogP contribution is 2.31. The second-order valence-electron chi connectivity index (χ2n) is 6.21. The lowest BCUT2D eigenvalue weighted by Gasteiger charge is -2.11. The van der Waals surface area contributed by atoms with Crippen LogP contribution in [0.25, 0.3) is 11.6 Å². The van der Waals surface area contributed by atoms with E-state index in [4.69, 9.17) is 25.8 Å². The van der Waals surface area contributed by atoms with Gasteiger partial charge in [-0.15, -0.1) is 0 Å². The summed E-state index contributed by atoms with van der Waals surface area (Å²) in [5, 5.41) is 10.1. The zero-order chi connectivity index (χ0) is 21.5. The summed E-state index contributed by atoms with van der Waals surface area (Å²) in [6, 6.07) is 20.9. The number of hydrogen-bond donors (Lipinski definition) is 0. The Morgan fingerprint density at radius 1 is 0.933 bits per heavy atom. The Bertz CT molecular complexity index is 1130. The molecule has 0 aliphatic carbocycles. The SMILES string of the molecule is COc1cccc(C(=O)Oc2ccc(C=C(C#N)c3ccc(Cl)cc3)cc2OC)c1. The number of hydrogen-bond acceptors (Lipinski definition) is 5. The number of carbonyl (C=O) groups excluding carboxylic acids is 1. The van der Waals surface area contributed by atoms with Crippen LogP contribution in [0, 0.1) is 11.3 Å². The predicted molar refractivity (Wildman–Crippen MR) is 116 cm³/mol. The lowest BCUT2D eigenvalue weighted by Crippen LogP contribution is -2.09. The Balaban J connectivity index is 1.86. The van der Waals surface area contributed by atoms with E-state index < -0.39 is 5.97 Å². The van der Waals surface area contributed by atoms with Gasteiger partial charge in [-0.1, -0.05) is 35.9 Å². The van der Waals surface area contributed by atoms with Gasteiger partial charge < -0.3 is 14.2 Å². The summed E-state index contributed by atoms with van der Waals surface area (Å²) in [4.78, 5) is 12.5. The van der Waals surface area contributed by atoms with Crippen LogP contribution in [0.5, 0.6) is 17.2 Å². The van der Waals surface area contributed by atoms with Crippen molar-refractivity contribution in [3.63, 3.8) is 0 Å². The maximum Gasteiger partial charge on any atom is 0.343 e. The van der Waals surface area contributed by atoms with Crippen LogP contribution in [0.15, 0.2) is 66.7 Å². The highest BCUT2D eigenvalue weighted by Gasteiger charge is 2.14. The summed E-state index contributed by atoms with van der Waals surface area (Å²) in [5.74, 6) is 0.665. The zero-order valence-corrected chi connectivity index (χ0v) is 17.1. The molecule has 30 heavy (non-hydrogen) atoms. The van der Waals surface area contributed by atoms with Crippen LogP contribution in [-0.2, 0) is 0 Å². The molecule has 0 fully saturated rings. The minimum atomic E-state index is -0.533. The number of benzene rings is 3. The van der Waals surface area contributed by atoms with Gasteiger partial charge in [0.15, 0.2) is 11.5 Å². The fraction of sp³-hybridized carbons (Fsp3) is 0.0833. The highest BCUT2D eigenvalue weighted by molar-refractivity contribution is 6.30. The quantitative estimate of drug-likeness (QED) is 0.224. The average Bonchev–Trinajstić information content (AvgIpc) is 2.78. The smallest absolute Gasteiger partial charge is 0.343 e. The molecule has 0 aliphatic rings. The fourth-order valence-corrected chi connectivity index (χ4v) is 2.87. The Kier molecular flexibility index (Phi) is 6.74. The summed E-state index contributed by atoms with van der Waals surface area (Å²) < 4.78 is 16.0. The van der Waals surface area contributed by atoms with Crippen LogP contribution in [0.2, 0.25) is 5.02 Å². The largest absolute Gasteiger partial charge is 0.497 e. The molecule has 0 heterocycles. The molecule has 6 heteroatoms. The number of nitriles is 1. The Hall–Kier alpha value is -3.75. The number of methoxy groups -OCH3 is 2. The third-order valence-electron chi connectivity index (χ3n) is 4.28. The number of nitrogens with zero attached hydrogens (tertiary/aromatic N) is 1. The molecule has 3 rings (SSSR count). The van der Waals surface area contributed by atoms with Gasteiger partial charge in [-0.05, 0) is 59.7 Å². The molecule has 5 nitrogen and oxygen atoms in total. The van der Waals surface area contributed by atoms with E-state index in [0.717, 1.165) is 11.1 Å². The molecule has 0 radical (unpaired) electrons. The van der Waals surface area contributed by atoms with E-state index in [2.05, 4.69) is 6.07 Å². The summed E-state index contributed by atoms with van der Waals surface area (Å²) in [6.07, 6.45) is 1.72. The van der Waals surface area contributed by atoms with E-state index in [9.17, 15) is 10.1 Å². The third-order valence-corrected chi connectivity index (χ3v) is 4.53. The lowest BCUT2D eigenvalue weighted by molar-refractivity contribution is 0.0729. The van der Waals surface area contributed by atoms with Crippen LogP contribution >= 0.6 is 11.6 Å². The van der Waals surface area contributed by atoms with Crippen molar-refractivity contribution in [1.82, 2.24) is 0 Å². The van der Waals surface area contributed by atoms with E-state index in [-0.39, 0.29) is 5.75 Å². The van der Waals surface area contributed by atoms with Crippen molar-refractivity contribution < 1.29 is 19.0 Å². The second-order valence-corrected chi connectivity index (χ2v) is 6.64. The number of halogens is 1. The van der Waals surface area contributed by atoms with Crippen LogP contribution in [0.4, 0.5) is 0 Å². The van der Waals surface area contributed by atoms with Crippen molar-refractivity contribution in [2.24, 2.45) is 0 Å². The summed E-state index contributed by atoms with van der Waals surface area (Å²) in [6.45, 7) is 0. The van der Waals surface area contributed by atoms with E-state index in [1.54, 1.807) is 72.8 Å². The topological polar surface area (TPSA) is 68.5 Å². The van der Waals surface area contributed by atoms with Crippen molar-refractivity contribution in [3.05, 3.63) is 88.4 Å². The summed E-state index contributed by atoms with van der Waals surface area (Å²) >= 11 is 5.91. The van der Waals surface area contributed by atoms with Crippen LogP contribution < -0.4 is 14.2 Å². The number of ether oxygens (including phenoxy) is 3. The Morgan fingerprint density at radius 2 is 1.70 bits per heavy atom. The van der Waals surface area contributed by atoms with Crippen molar-refractivity contribution in [1.29, 1.82) is 5.26 Å². The van der Waals surface area contributed by atoms with Crippen LogP contribution in [-0.4, -0.2) is 20.2 Å². The van der Waals surface area contributed by atoms with Crippen molar-refractivity contribution >= 4 is 29.2 Å². The zero-order valence-electron chi connectivity index (χ0n) is 16.4. The average molecular weight is 420 g/mol. The van der Waals surface area contributed by atoms with Crippen LogP contribution in [0.3, 0.4) is 0 Å². The normalized spacial score (nSPS) is 10.8. The minimum absolute atomic E-state index is 0.271.